The molecule has 0 unspecified atom stereocenters. The number of nitrogens with one attached hydrogen (secondary N) is 3. The molecule has 32 heavy (non-hydrogen) atoms. The fraction of sp³-hybridized carbons (Fsp3) is 0.826. The van der Waals surface area contributed by atoms with Crippen LogP contribution in [0.4, 0.5) is 0 Å². The highest BCUT2D eigenvalue weighted by Gasteiger charge is 2.41. The largest absolute Gasteiger partial charge is 0.354 e. The van der Waals surface area contributed by atoms with E-state index in [1.807, 2.05) is 0 Å². The van der Waals surface area contributed by atoms with E-state index < -0.39 is 12.1 Å². The van der Waals surface area contributed by atoms with Crippen LogP contribution in [0.3, 0.4) is 0 Å². The van der Waals surface area contributed by atoms with Gasteiger partial charge in [0.25, 0.3) is 0 Å². The van der Waals surface area contributed by atoms with Crippen molar-refractivity contribution in [2.45, 2.75) is 69.9 Å². The first-order chi connectivity index (χ1) is 15.5. The van der Waals surface area contributed by atoms with Crippen LogP contribution < -0.4 is 16.0 Å². The van der Waals surface area contributed by atoms with Gasteiger partial charge in [-0.25, -0.2) is 0 Å². The Bertz CT molecular complexity index is 717. The predicted octanol–water partition coefficient (Wildman–Crippen LogP) is 0.000500. The molecule has 4 aliphatic rings. The third-order valence-electron chi connectivity index (χ3n) is 7.52. The average Bonchev–Trinajstić information content (AvgIpc) is 2.85. The van der Waals surface area contributed by atoms with Crippen LogP contribution in [0.15, 0.2) is 0 Å². The maximum absolute atomic E-state index is 13.4. The Morgan fingerprint density at radius 3 is 2.25 bits per heavy atom. The minimum Gasteiger partial charge on any atom is -0.354 e. The Morgan fingerprint density at radius 2 is 1.53 bits per heavy atom. The summed E-state index contributed by atoms with van der Waals surface area (Å²) < 4.78 is 0. The Morgan fingerprint density at radius 1 is 0.812 bits per heavy atom. The van der Waals surface area contributed by atoms with Gasteiger partial charge < -0.3 is 25.8 Å². The maximum atomic E-state index is 13.4. The molecule has 0 spiro atoms. The summed E-state index contributed by atoms with van der Waals surface area (Å²) in [4.78, 5) is 55.5. The lowest BCUT2D eigenvalue weighted by atomic mass is 9.87. The molecule has 0 aromatic carbocycles. The van der Waals surface area contributed by atoms with Crippen LogP contribution in [0.1, 0.15) is 57.8 Å². The van der Waals surface area contributed by atoms with Crippen molar-refractivity contribution in [2.24, 2.45) is 11.8 Å². The van der Waals surface area contributed by atoms with E-state index in [2.05, 4.69) is 16.0 Å². The topological polar surface area (TPSA) is 111 Å². The van der Waals surface area contributed by atoms with E-state index in [0.29, 0.717) is 26.1 Å². The van der Waals surface area contributed by atoms with Gasteiger partial charge in [-0.3, -0.25) is 19.2 Å². The van der Waals surface area contributed by atoms with Crippen LogP contribution >= 0.6 is 0 Å². The highest BCUT2D eigenvalue weighted by Crippen LogP contribution is 2.28. The maximum Gasteiger partial charge on any atom is 0.245 e. The molecule has 9 heteroatoms. The van der Waals surface area contributed by atoms with E-state index in [9.17, 15) is 19.2 Å². The van der Waals surface area contributed by atoms with Crippen LogP contribution in [0.25, 0.3) is 0 Å². The zero-order valence-electron chi connectivity index (χ0n) is 18.9. The number of nitrogens with zero attached hydrogens (tertiary/aromatic N) is 2. The van der Waals surface area contributed by atoms with Crippen molar-refractivity contribution in [3.05, 3.63) is 0 Å². The molecule has 2 atom stereocenters. The molecular formula is C23H37N5O4. The highest BCUT2D eigenvalue weighted by atomic mass is 16.2. The first-order valence-electron chi connectivity index (χ1n) is 12.4. The van der Waals surface area contributed by atoms with E-state index in [1.54, 1.807) is 9.80 Å². The average molecular weight is 448 g/mol. The van der Waals surface area contributed by atoms with Gasteiger partial charge in [0.1, 0.15) is 12.1 Å². The van der Waals surface area contributed by atoms with E-state index in [1.165, 1.54) is 0 Å². The molecular weight excluding hydrogens is 410 g/mol. The first-order valence-corrected chi connectivity index (χ1v) is 12.4. The minimum atomic E-state index is -0.737. The summed E-state index contributed by atoms with van der Waals surface area (Å²) in [5, 5.41) is 8.95. The van der Waals surface area contributed by atoms with Gasteiger partial charge >= 0.3 is 0 Å². The van der Waals surface area contributed by atoms with E-state index in [-0.39, 0.29) is 42.0 Å². The second-order valence-corrected chi connectivity index (χ2v) is 9.69. The van der Waals surface area contributed by atoms with Crippen molar-refractivity contribution < 1.29 is 19.2 Å². The summed E-state index contributed by atoms with van der Waals surface area (Å²) in [6.45, 7) is 3.34. The van der Waals surface area contributed by atoms with E-state index >= 15 is 0 Å². The Balaban J connectivity index is 1.47. The van der Waals surface area contributed by atoms with Crippen LogP contribution in [0.2, 0.25) is 0 Å². The van der Waals surface area contributed by atoms with Gasteiger partial charge in [0.2, 0.25) is 23.6 Å². The van der Waals surface area contributed by atoms with Gasteiger partial charge in [-0.1, -0.05) is 19.3 Å². The molecule has 4 amide bonds. The number of carbonyl (C=O) groups is 4. The molecule has 0 bridgehead atoms. The van der Waals surface area contributed by atoms with Crippen molar-refractivity contribution in [1.82, 2.24) is 25.8 Å². The molecule has 3 heterocycles. The molecule has 4 fully saturated rings. The van der Waals surface area contributed by atoms with E-state index in [0.717, 1.165) is 64.5 Å². The second-order valence-electron chi connectivity index (χ2n) is 9.69. The van der Waals surface area contributed by atoms with Crippen molar-refractivity contribution in [2.75, 3.05) is 39.3 Å². The molecule has 3 saturated heterocycles. The molecule has 3 N–H and O–H groups in total. The third kappa shape index (κ3) is 5.24. The lowest BCUT2D eigenvalue weighted by molar-refractivity contribution is -0.153. The molecule has 178 valence electrons. The standard InChI is InChI=1S/C23H37N5O4/c29-20-18(7-4-10-25-20)26-21(30)19-15-27(22(31)17-8-11-24-12-9-17)13-14-28(19)23(32)16-5-2-1-3-6-16/h16-19,24H,1-15H2,(H,25,29)(H,26,30)/t18-,19+/m0/s1. The van der Waals surface area contributed by atoms with Crippen molar-refractivity contribution in [1.29, 1.82) is 0 Å². The van der Waals surface area contributed by atoms with Gasteiger partial charge in [-0.15, -0.1) is 0 Å². The normalized spacial score (nSPS) is 28.2. The molecule has 1 saturated carbocycles. The molecule has 0 radical (unpaired) electrons. The Hall–Kier alpha value is -2.16. The smallest absolute Gasteiger partial charge is 0.245 e. The number of piperazine rings is 1. The van der Waals surface area contributed by atoms with Crippen molar-refractivity contribution in [3.8, 4) is 0 Å². The minimum absolute atomic E-state index is 0.0234. The molecule has 9 nitrogen and oxygen atoms in total. The molecule has 0 aromatic heterocycles. The number of piperidine rings is 2. The summed E-state index contributed by atoms with van der Waals surface area (Å²) in [5.41, 5.74) is 0. The van der Waals surface area contributed by atoms with Gasteiger partial charge in [0, 0.05) is 31.5 Å². The Labute approximate surface area is 190 Å². The van der Waals surface area contributed by atoms with Crippen LogP contribution in [-0.2, 0) is 19.2 Å². The van der Waals surface area contributed by atoms with Gasteiger partial charge in [0.05, 0.1) is 6.54 Å². The number of carbonyl (C=O) groups excluding carboxylic acids is 4. The highest BCUT2D eigenvalue weighted by molar-refractivity contribution is 5.93. The van der Waals surface area contributed by atoms with Gasteiger partial charge in [0.15, 0.2) is 0 Å². The van der Waals surface area contributed by atoms with Crippen LogP contribution in [0, 0.1) is 11.8 Å². The zero-order chi connectivity index (χ0) is 22.5. The zero-order valence-corrected chi connectivity index (χ0v) is 18.9. The first kappa shape index (κ1) is 23.0. The second kappa shape index (κ2) is 10.6. The quantitative estimate of drug-likeness (QED) is 0.562. The summed E-state index contributed by atoms with van der Waals surface area (Å²) in [5.74, 6) is -0.433. The van der Waals surface area contributed by atoms with Crippen LogP contribution in [0.5, 0.6) is 0 Å². The fourth-order valence-corrected chi connectivity index (χ4v) is 5.56. The Kier molecular flexibility index (Phi) is 7.65. The van der Waals surface area contributed by atoms with Gasteiger partial charge in [-0.2, -0.15) is 0 Å². The number of rotatable bonds is 4. The lowest BCUT2D eigenvalue weighted by Crippen LogP contribution is -2.65. The van der Waals surface area contributed by atoms with E-state index in [4.69, 9.17) is 0 Å². The number of amides is 4. The molecule has 4 rings (SSSR count). The number of hydrogen-bond acceptors (Lipinski definition) is 5. The predicted molar refractivity (Wildman–Crippen MR) is 118 cm³/mol. The molecule has 0 aromatic rings. The van der Waals surface area contributed by atoms with Crippen LogP contribution in [-0.4, -0.2) is 84.8 Å². The molecule has 3 aliphatic heterocycles. The summed E-state index contributed by atoms with van der Waals surface area (Å²) in [6.07, 6.45) is 8.00. The van der Waals surface area contributed by atoms with Crippen molar-refractivity contribution in [3.63, 3.8) is 0 Å². The lowest BCUT2D eigenvalue weighted by Gasteiger charge is -2.43. The molecule has 1 aliphatic carbocycles. The van der Waals surface area contributed by atoms with Gasteiger partial charge in [-0.05, 0) is 51.6 Å². The third-order valence-corrected chi connectivity index (χ3v) is 7.52. The fourth-order valence-electron chi connectivity index (χ4n) is 5.56. The van der Waals surface area contributed by atoms with Crippen molar-refractivity contribution >= 4 is 23.6 Å². The monoisotopic (exact) mass is 447 g/mol. The summed E-state index contributed by atoms with van der Waals surface area (Å²) in [7, 11) is 0. The summed E-state index contributed by atoms with van der Waals surface area (Å²) >= 11 is 0. The SMILES string of the molecule is O=C1NCCC[C@@H]1NC(=O)[C@H]1CN(C(=O)C2CCNCC2)CCN1C(=O)C1CCCCC1. The summed E-state index contributed by atoms with van der Waals surface area (Å²) in [6, 6.07) is -1.31. The number of hydrogen-bond donors (Lipinski definition) is 3.